The van der Waals surface area contributed by atoms with Crippen molar-refractivity contribution in [3.8, 4) is 0 Å². The highest BCUT2D eigenvalue weighted by Crippen LogP contribution is 2.33. The van der Waals surface area contributed by atoms with Gasteiger partial charge in [0.15, 0.2) is 0 Å². The third-order valence-corrected chi connectivity index (χ3v) is 3.55. The predicted octanol–water partition coefficient (Wildman–Crippen LogP) is 2.42. The first-order valence-electron chi connectivity index (χ1n) is 6.49. The fourth-order valence-corrected chi connectivity index (χ4v) is 2.36. The number of aliphatic hydroxyl groups is 1. The quantitative estimate of drug-likeness (QED) is 0.833. The summed E-state index contributed by atoms with van der Waals surface area (Å²) in [6, 6.07) is 1.84. The number of anilines is 2. The Balaban J connectivity index is 2.26. The summed E-state index contributed by atoms with van der Waals surface area (Å²) < 4.78 is 38.3. The maximum Gasteiger partial charge on any atom is 0.416 e. The van der Waals surface area contributed by atoms with Crippen molar-refractivity contribution in [3.63, 3.8) is 0 Å². The molecule has 7 heteroatoms. The minimum absolute atomic E-state index is 0.147. The Morgan fingerprint density at radius 2 is 2.00 bits per heavy atom. The van der Waals surface area contributed by atoms with Gasteiger partial charge in [-0.3, -0.25) is 0 Å². The van der Waals surface area contributed by atoms with Crippen LogP contribution in [0, 0.1) is 0 Å². The SMILES string of the molecule is CC1(O)CCCN(c2cc(C(F)(F)F)cc(N)n2)CC1. The Morgan fingerprint density at radius 3 is 2.65 bits per heavy atom. The minimum Gasteiger partial charge on any atom is -0.390 e. The zero-order valence-electron chi connectivity index (χ0n) is 11.2. The molecule has 0 saturated carbocycles. The van der Waals surface area contributed by atoms with E-state index < -0.39 is 17.3 Å². The third-order valence-electron chi connectivity index (χ3n) is 3.55. The molecule has 20 heavy (non-hydrogen) atoms. The molecule has 0 bridgehead atoms. The molecular formula is C13H18F3N3O. The van der Waals surface area contributed by atoms with Gasteiger partial charge in [-0.1, -0.05) is 0 Å². The number of pyridine rings is 1. The number of halogens is 3. The summed E-state index contributed by atoms with van der Waals surface area (Å²) in [7, 11) is 0. The van der Waals surface area contributed by atoms with E-state index in [-0.39, 0.29) is 11.6 Å². The van der Waals surface area contributed by atoms with Crippen LogP contribution in [0.2, 0.25) is 0 Å². The van der Waals surface area contributed by atoms with Gasteiger partial charge in [0.2, 0.25) is 0 Å². The summed E-state index contributed by atoms with van der Waals surface area (Å²) in [5.41, 5.74) is 3.90. The molecule has 1 aromatic rings. The van der Waals surface area contributed by atoms with Crippen LogP contribution >= 0.6 is 0 Å². The van der Waals surface area contributed by atoms with Gasteiger partial charge in [0.1, 0.15) is 11.6 Å². The second-order valence-electron chi connectivity index (χ2n) is 5.47. The molecule has 0 radical (unpaired) electrons. The number of rotatable bonds is 1. The molecule has 0 amide bonds. The van der Waals surface area contributed by atoms with Crippen molar-refractivity contribution in [3.05, 3.63) is 17.7 Å². The summed E-state index contributed by atoms with van der Waals surface area (Å²) >= 11 is 0. The van der Waals surface area contributed by atoms with Crippen molar-refractivity contribution in [2.45, 2.75) is 38.0 Å². The highest BCUT2D eigenvalue weighted by Gasteiger charge is 2.32. The van der Waals surface area contributed by atoms with Crippen LogP contribution in [0.25, 0.3) is 0 Å². The van der Waals surface area contributed by atoms with E-state index in [0.717, 1.165) is 12.1 Å². The lowest BCUT2D eigenvalue weighted by atomic mass is 9.98. The smallest absolute Gasteiger partial charge is 0.390 e. The van der Waals surface area contributed by atoms with Crippen molar-refractivity contribution in [2.24, 2.45) is 0 Å². The molecule has 1 atom stereocenters. The van der Waals surface area contributed by atoms with Gasteiger partial charge in [-0.25, -0.2) is 4.98 Å². The Morgan fingerprint density at radius 1 is 1.30 bits per heavy atom. The average Bonchev–Trinajstić information content (AvgIpc) is 2.48. The summed E-state index contributed by atoms with van der Waals surface area (Å²) in [4.78, 5) is 5.73. The van der Waals surface area contributed by atoms with Crippen LogP contribution in [-0.4, -0.2) is 28.8 Å². The van der Waals surface area contributed by atoms with Gasteiger partial charge < -0.3 is 15.7 Å². The second kappa shape index (κ2) is 5.12. The molecule has 3 N–H and O–H groups in total. The lowest BCUT2D eigenvalue weighted by molar-refractivity contribution is -0.137. The van der Waals surface area contributed by atoms with Crippen LogP contribution in [0.1, 0.15) is 31.7 Å². The Bertz CT molecular complexity index is 488. The summed E-state index contributed by atoms with van der Waals surface area (Å²) in [6.07, 6.45) is -2.63. The van der Waals surface area contributed by atoms with E-state index in [9.17, 15) is 18.3 Å². The van der Waals surface area contributed by atoms with E-state index in [1.807, 2.05) is 0 Å². The Kier molecular flexibility index (Phi) is 3.82. The molecule has 2 rings (SSSR count). The van der Waals surface area contributed by atoms with E-state index in [1.54, 1.807) is 11.8 Å². The molecule has 1 unspecified atom stereocenters. The van der Waals surface area contributed by atoms with Crippen molar-refractivity contribution >= 4 is 11.6 Å². The van der Waals surface area contributed by atoms with Gasteiger partial charge >= 0.3 is 6.18 Å². The van der Waals surface area contributed by atoms with E-state index >= 15 is 0 Å². The first-order chi connectivity index (χ1) is 9.17. The van der Waals surface area contributed by atoms with E-state index in [0.29, 0.717) is 32.4 Å². The van der Waals surface area contributed by atoms with Crippen LogP contribution in [0.15, 0.2) is 12.1 Å². The fraction of sp³-hybridized carbons (Fsp3) is 0.615. The highest BCUT2D eigenvalue weighted by atomic mass is 19.4. The van der Waals surface area contributed by atoms with Crippen LogP contribution in [-0.2, 0) is 6.18 Å². The molecule has 1 saturated heterocycles. The van der Waals surface area contributed by atoms with Gasteiger partial charge in [-0.2, -0.15) is 13.2 Å². The van der Waals surface area contributed by atoms with E-state index in [4.69, 9.17) is 5.73 Å². The molecule has 0 spiro atoms. The highest BCUT2D eigenvalue weighted by molar-refractivity contribution is 5.49. The second-order valence-corrected chi connectivity index (χ2v) is 5.47. The number of nitrogens with zero attached hydrogens (tertiary/aromatic N) is 2. The monoisotopic (exact) mass is 289 g/mol. The van der Waals surface area contributed by atoms with Crippen LogP contribution < -0.4 is 10.6 Å². The average molecular weight is 289 g/mol. The van der Waals surface area contributed by atoms with Crippen LogP contribution in [0.4, 0.5) is 24.8 Å². The molecule has 1 fully saturated rings. The van der Waals surface area contributed by atoms with Crippen LogP contribution in [0.5, 0.6) is 0 Å². The zero-order chi connectivity index (χ0) is 15.0. The van der Waals surface area contributed by atoms with Gasteiger partial charge in [0.05, 0.1) is 11.2 Å². The number of nitrogens with two attached hydrogens (primary N) is 1. The molecule has 2 heterocycles. The van der Waals surface area contributed by atoms with E-state index in [2.05, 4.69) is 4.98 Å². The summed E-state index contributed by atoms with van der Waals surface area (Å²) in [5.74, 6) is 0.0702. The minimum atomic E-state index is -4.44. The summed E-state index contributed by atoms with van der Waals surface area (Å²) in [5, 5.41) is 10.0. The molecule has 0 aromatic carbocycles. The Hall–Kier alpha value is -1.50. The zero-order valence-corrected chi connectivity index (χ0v) is 11.2. The Labute approximate surface area is 115 Å². The molecule has 112 valence electrons. The van der Waals surface area contributed by atoms with Gasteiger partial charge in [0.25, 0.3) is 0 Å². The molecule has 1 aromatic heterocycles. The normalized spacial score (nSPS) is 24.6. The van der Waals surface area contributed by atoms with Crippen molar-refractivity contribution in [1.29, 1.82) is 0 Å². The number of nitrogen functional groups attached to an aromatic ring is 1. The standard InChI is InChI=1S/C13H18F3N3O/c1-12(20)3-2-5-19(6-4-12)11-8-9(13(14,15)16)7-10(17)18-11/h7-8,20H,2-6H2,1H3,(H2,17,18). The number of hydrogen-bond acceptors (Lipinski definition) is 4. The van der Waals surface area contributed by atoms with Gasteiger partial charge in [0, 0.05) is 13.1 Å². The largest absolute Gasteiger partial charge is 0.416 e. The topological polar surface area (TPSA) is 62.4 Å². The van der Waals surface area contributed by atoms with E-state index in [1.165, 1.54) is 0 Å². The van der Waals surface area contributed by atoms with Crippen molar-refractivity contribution < 1.29 is 18.3 Å². The molecule has 0 aliphatic carbocycles. The lowest BCUT2D eigenvalue weighted by Crippen LogP contribution is -2.29. The number of hydrogen-bond donors (Lipinski definition) is 2. The molecular weight excluding hydrogens is 271 g/mol. The van der Waals surface area contributed by atoms with Gasteiger partial charge in [-0.15, -0.1) is 0 Å². The number of alkyl halides is 3. The van der Waals surface area contributed by atoms with Crippen molar-refractivity contribution in [1.82, 2.24) is 4.98 Å². The fourth-order valence-electron chi connectivity index (χ4n) is 2.36. The number of aromatic nitrogens is 1. The molecule has 1 aliphatic heterocycles. The third kappa shape index (κ3) is 3.53. The van der Waals surface area contributed by atoms with Crippen LogP contribution in [0.3, 0.4) is 0 Å². The first-order valence-corrected chi connectivity index (χ1v) is 6.49. The van der Waals surface area contributed by atoms with Crippen molar-refractivity contribution in [2.75, 3.05) is 23.7 Å². The molecule has 1 aliphatic rings. The maximum absolute atomic E-state index is 12.8. The van der Waals surface area contributed by atoms with Gasteiger partial charge in [-0.05, 0) is 38.3 Å². The predicted molar refractivity (Wildman–Crippen MR) is 70.3 cm³/mol. The molecule has 4 nitrogen and oxygen atoms in total. The lowest BCUT2D eigenvalue weighted by Gasteiger charge is -2.24. The first kappa shape index (κ1) is 14.9. The maximum atomic E-state index is 12.8. The summed E-state index contributed by atoms with van der Waals surface area (Å²) in [6.45, 7) is 2.76.